The highest BCUT2D eigenvalue weighted by atomic mass is 14.8. The maximum atomic E-state index is 5.25. The maximum absolute atomic E-state index is 5.25. The first-order valence-corrected chi connectivity index (χ1v) is 20.3. The summed E-state index contributed by atoms with van der Waals surface area (Å²) in [6, 6.07) is 68.8. The minimum atomic E-state index is 0.854. The van der Waals surface area contributed by atoms with Gasteiger partial charge in [0, 0.05) is 32.7 Å². The Morgan fingerprint density at radius 1 is 0.217 bits per heavy atom. The van der Waals surface area contributed by atoms with Gasteiger partial charge in [0.1, 0.15) is 0 Å². The van der Waals surface area contributed by atoms with Gasteiger partial charge in [-0.1, -0.05) is 170 Å². The largest absolute Gasteiger partial charge is 0.252 e. The summed E-state index contributed by atoms with van der Waals surface area (Å²) in [6.45, 7) is 0. The molecular formula is C56H34N4. The molecule has 0 aliphatic heterocycles. The van der Waals surface area contributed by atoms with Gasteiger partial charge in [-0.2, -0.15) is 0 Å². The first-order chi connectivity index (χ1) is 29.7. The lowest BCUT2D eigenvalue weighted by atomic mass is 9.95. The van der Waals surface area contributed by atoms with Crippen molar-refractivity contribution in [1.82, 2.24) is 19.9 Å². The van der Waals surface area contributed by atoms with Crippen LogP contribution in [-0.2, 0) is 0 Å². The molecule has 0 aliphatic rings. The van der Waals surface area contributed by atoms with Gasteiger partial charge in [-0.25, -0.2) is 9.97 Å². The lowest BCUT2D eigenvalue weighted by Gasteiger charge is -2.12. The molecular weight excluding hydrogens is 729 g/mol. The van der Waals surface area contributed by atoms with Crippen LogP contribution in [-0.4, -0.2) is 19.9 Å². The van der Waals surface area contributed by atoms with Gasteiger partial charge in [-0.3, -0.25) is 9.97 Å². The molecule has 4 nitrogen and oxygen atoms in total. The lowest BCUT2D eigenvalue weighted by Crippen LogP contribution is -1.92. The summed E-state index contributed by atoms with van der Waals surface area (Å²) >= 11 is 0. The Labute approximate surface area is 346 Å². The van der Waals surface area contributed by atoms with E-state index in [2.05, 4.69) is 194 Å². The van der Waals surface area contributed by atoms with Gasteiger partial charge in [0.25, 0.3) is 0 Å². The Hall–Kier alpha value is -8.08. The van der Waals surface area contributed by atoms with Crippen molar-refractivity contribution in [2.45, 2.75) is 0 Å². The molecule has 0 radical (unpaired) electrons. The number of hydrogen-bond acceptors (Lipinski definition) is 4. The molecule has 0 spiro atoms. The van der Waals surface area contributed by atoms with E-state index >= 15 is 0 Å². The molecule has 10 aromatic carbocycles. The topological polar surface area (TPSA) is 51.6 Å². The van der Waals surface area contributed by atoms with Crippen molar-refractivity contribution in [2.75, 3.05) is 0 Å². The summed E-state index contributed by atoms with van der Waals surface area (Å²) in [5, 5.41) is 9.24. The molecule has 12 rings (SSSR count). The molecule has 0 fully saturated rings. The fraction of sp³-hybridized carbons (Fsp3) is 0. The molecule has 2 heterocycles. The summed E-state index contributed by atoms with van der Waals surface area (Å²) < 4.78 is 0. The maximum Gasteiger partial charge on any atom is 0.0979 e. The van der Waals surface area contributed by atoms with E-state index in [0.717, 1.165) is 99.5 Å². The third kappa shape index (κ3) is 5.61. The molecule has 0 aliphatic carbocycles. The summed E-state index contributed by atoms with van der Waals surface area (Å²) in [5.74, 6) is 0. The van der Waals surface area contributed by atoms with Crippen molar-refractivity contribution in [3.63, 3.8) is 0 Å². The summed E-state index contributed by atoms with van der Waals surface area (Å²) in [5.41, 5.74) is 14.3. The van der Waals surface area contributed by atoms with E-state index in [0.29, 0.717) is 0 Å². The van der Waals surface area contributed by atoms with Crippen molar-refractivity contribution in [1.29, 1.82) is 0 Å². The molecule has 12 aromatic rings. The molecule has 0 bridgehead atoms. The Bertz CT molecular complexity index is 3370. The Balaban J connectivity index is 0.880. The number of hydrogen-bond donors (Lipinski definition) is 0. The van der Waals surface area contributed by atoms with Gasteiger partial charge in [-0.15, -0.1) is 0 Å². The van der Waals surface area contributed by atoms with Crippen molar-refractivity contribution in [2.24, 2.45) is 0 Å². The zero-order valence-corrected chi connectivity index (χ0v) is 32.4. The van der Waals surface area contributed by atoms with Crippen LogP contribution in [0.1, 0.15) is 0 Å². The minimum Gasteiger partial charge on any atom is -0.252 e. The van der Waals surface area contributed by atoms with E-state index in [1.165, 1.54) is 21.5 Å². The van der Waals surface area contributed by atoms with Gasteiger partial charge in [0.2, 0.25) is 0 Å². The number of fused-ring (bicyclic) bond motifs is 12. The molecule has 60 heavy (non-hydrogen) atoms. The average Bonchev–Trinajstić information content (AvgIpc) is 3.34. The van der Waals surface area contributed by atoms with E-state index in [-0.39, 0.29) is 0 Å². The number of nitrogens with zero attached hydrogens (tertiary/aromatic N) is 4. The second-order valence-electron chi connectivity index (χ2n) is 15.4. The van der Waals surface area contributed by atoms with E-state index in [1.54, 1.807) is 0 Å². The van der Waals surface area contributed by atoms with E-state index in [9.17, 15) is 0 Å². The predicted molar refractivity (Wildman–Crippen MR) is 250 cm³/mol. The minimum absolute atomic E-state index is 0.854. The summed E-state index contributed by atoms with van der Waals surface area (Å²) in [7, 11) is 0. The van der Waals surface area contributed by atoms with Crippen molar-refractivity contribution in [3.05, 3.63) is 207 Å². The van der Waals surface area contributed by atoms with Crippen LogP contribution in [0.15, 0.2) is 207 Å². The normalized spacial score (nSPS) is 11.7. The predicted octanol–water partition coefficient (Wildman–Crippen LogP) is 14.5. The monoisotopic (exact) mass is 762 g/mol. The smallest absolute Gasteiger partial charge is 0.0979 e. The first kappa shape index (κ1) is 34.0. The number of rotatable bonds is 5. The molecule has 0 N–H and O–H groups in total. The zero-order valence-electron chi connectivity index (χ0n) is 32.4. The van der Waals surface area contributed by atoms with Crippen LogP contribution in [0.3, 0.4) is 0 Å². The van der Waals surface area contributed by atoms with Gasteiger partial charge in [0.15, 0.2) is 0 Å². The van der Waals surface area contributed by atoms with Gasteiger partial charge >= 0.3 is 0 Å². The van der Waals surface area contributed by atoms with E-state index < -0.39 is 0 Å². The second-order valence-corrected chi connectivity index (χ2v) is 15.4. The fourth-order valence-electron chi connectivity index (χ4n) is 9.00. The molecule has 0 unspecified atom stereocenters. The average molecular weight is 763 g/mol. The van der Waals surface area contributed by atoms with Crippen LogP contribution in [0.5, 0.6) is 0 Å². The lowest BCUT2D eigenvalue weighted by molar-refractivity contribution is 1.31. The number of aromatic nitrogens is 4. The quantitative estimate of drug-likeness (QED) is 0.164. The van der Waals surface area contributed by atoms with Crippen molar-refractivity contribution >= 4 is 65.2 Å². The van der Waals surface area contributed by atoms with Crippen LogP contribution in [0.25, 0.3) is 121 Å². The Kier molecular flexibility index (Phi) is 7.82. The standard InChI is InChI=1S/C56H34N4/c1-5-25-47-43(21-1)45-23-3-7-27-49(45)55-53(47)57-33-51(59-55)41-19-11-17-39(31-41)37-15-9-13-35(29-37)36-14-10-16-38(30-36)40-18-12-20-42(32-40)52-34-58-54-48-26-6-2-22-44(48)46-24-4-8-28-50(46)56(54)60-52/h1-34H. The highest BCUT2D eigenvalue weighted by Gasteiger charge is 2.15. The summed E-state index contributed by atoms with van der Waals surface area (Å²) in [4.78, 5) is 20.5. The molecule has 0 atom stereocenters. The fourth-order valence-corrected chi connectivity index (χ4v) is 9.00. The first-order valence-electron chi connectivity index (χ1n) is 20.3. The SMILES string of the molecule is c1cc(-c2cccc(-c3cccc(-c4cnc5c6ccccc6c6ccccc6c5n4)c3)c2)cc(-c2cccc(-c3cnc4c5ccccc5c5ccccc5c4n3)c2)c1. The third-order valence-corrected chi connectivity index (χ3v) is 11.9. The molecule has 278 valence electrons. The molecule has 0 saturated carbocycles. The van der Waals surface area contributed by atoms with Gasteiger partial charge in [0.05, 0.1) is 45.8 Å². The van der Waals surface area contributed by atoms with E-state index in [1.807, 2.05) is 12.4 Å². The van der Waals surface area contributed by atoms with Gasteiger partial charge in [-0.05, 0) is 79.2 Å². The van der Waals surface area contributed by atoms with Crippen molar-refractivity contribution in [3.8, 4) is 55.9 Å². The van der Waals surface area contributed by atoms with Crippen LogP contribution in [0, 0.1) is 0 Å². The Morgan fingerprint density at radius 2 is 0.467 bits per heavy atom. The Morgan fingerprint density at radius 3 is 0.783 bits per heavy atom. The van der Waals surface area contributed by atoms with Crippen LogP contribution < -0.4 is 0 Å². The number of benzene rings is 10. The van der Waals surface area contributed by atoms with E-state index in [4.69, 9.17) is 19.9 Å². The van der Waals surface area contributed by atoms with Crippen LogP contribution in [0.2, 0.25) is 0 Å². The highest BCUT2D eigenvalue weighted by molar-refractivity contribution is 6.24. The molecule has 0 amide bonds. The van der Waals surface area contributed by atoms with Gasteiger partial charge < -0.3 is 0 Å². The molecule has 4 heteroatoms. The second kappa shape index (κ2) is 13.8. The highest BCUT2D eigenvalue weighted by Crippen LogP contribution is 2.37. The van der Waals surface area contributed by atoms with Crippen LogP contribution in [0.4, 0.5) is 0 Å². The third-order valence-electron chi connectivity index (χ3n) is 11.9. The van der Waals surface area contributed by atoms with Crippen LogP contribution >= 0.6 is 0 Å². The molecule has 0 saturated heterocycles. The summed E-state index contributed by atoms with van der Waals surface area (Å²) in [6.07, 6.45) is 3.83. The van der Waals surface area contributed by atoms with Crippen molar-refractivity contribution < 1.29 is 0 Å². The molecule has 2 aromatic heterocycles. The zero-order chi connectivity index (χ0) is 39.6.